The van der Waals surface area contributed by atoms with Gasteiger partial charge in [0.15, 0.2) is 17.3 Å². The van der Waals surface area contributed by atoms with E-state index in [2.05, 4.69) is 23.0 Å². The molecule has 3 rings (SSSR count). The maximum absolute atomic E-state index is 13.7. The number of benzene rings is 1. The van der Waals surface area contributed by atoms with E-state index in [0.29, 0.717) is 5.56 Å². The van der Waals surface area contributed by atoms with Crippen molar-refractivity contribution < 1.29 is 13.9 Å². The first kappa shape index (κ1) is 16.9. The van der Waals surface area contributed by atoms with Gasteiger partial charge in [0.1, 0.15) is 16.2 Å². The van der Waals surface area contributed by atoms with Crippen LogP contribution in [-0.2, 0) is 6.42 Å². The first-order valence-corrected chi connectivity index (χ1v) is 9.15. The van der Waals surface area contributed by atoms with E-state index in [-0.39, 0.29) is 17.3 Å². The van der Waals surface area contributed by atoms with Crippen molar-refractivity contribution in [3.63, 3.8) is 0 Å². The predicted molar refractivity (Wildman–Crippen MR) is 94.8 cm³/mol. The van der Waals surface area contributed by atoms with Crippen LogP contribution in [0.25, 0.3) is 10.2 Å². The van der Waals surface area contributed by atoms with Crippen molar-refractivity contribution in [3.05, 3.63) is 46.9 Å². The van der Waals surface area contributed by atoms with Crippen LogP contribution in [0.1, 0.15) is 22.2 Å². The molecule has 7 heteroatoms. The summed E-state index contributed by atoms with van der Waals surface area (Å²) >= 11 is 2.98. The van der Waals surface area contributed by atoms with Crippen molar-refractivity contribution >= 4 is 39.1 Å². The van der Waals surface area contributed by atoms with Crippen LogP contribution in [-0.4, -0.2) is 28.6 Å². The zero-order chi connectivity index (χ0) is 17.1. The lowest BCUT2D eigenvalue weighted by Crippen LogP contribution is -2.04. The number of Topliss-reactive ketones (excluding diaryl/α,β-unsaturated/α-hetero) is 1. The van der Waals surface area contributed by atoms with Crippen LogP contribution >= 0.6 is 23.1 Å². The van der Waals surface area contributed by atoms with Gasteiger partial charge in [-0.1, -0.05) is 18.7 Å². The van der Waals surface area contributed by atoms with Gasteiger partial charge in [-0.25, -0.2) is 14.4 Å². The topological polar surface area (TPSA) is 52.1 Å². The third-order valence-corrected chi connectivity index (χ3v) is 5.70. The molecule has 0 N–H and O–H groups in total. The molecule has 2 heterocycles. The number of methoxy groups -OCH3 is 1. The van der Waals surface area contributed by atoms with Gasteiger partial charge in [0.05, 0.1) is 12.9 Å². The molecule has 3 aromatic rings. The van der Waals surface area contributed by atoms with Gasteiger partial charge in [0.2, 0.25) is 0 Å². The summed E-state index contributed by atoms with van der Waals surface area (Å²) in [5.74, 6) is -0.376. The number of hydrogen-bond donors (Lipinski definition) is 0. The maximum Gasteiger partial charge on any atom is 0.173 e. The monoisotopic (exact) mass is 362 g/mol. The first-order chi connectivity index (χ1) is 11.6. The lowest BCUT2D eigenvalue weighted by atomic mass is 10.1. The van der Waals surface area contributed by atoms with E-state index in [0.717, 1.165) is 21.7 Å². The minimum absolute atomic E-state index is 0.127. The summed E-state index contributed by atoms with van der Waals surface area (Å²) < 4.78 is 18.6. The molecule has 0 bridgehead atoms. The molecule has 0 fully saturated rings. The Morgan fingerprint density at radius 2 is 2.17 bits per heavy atom. The number of ketones is 1. The van der Waals surface area contributed by atoms with Crippen LogP contribution in [0.5, 0.6) is 5.75 Å². The van der Waals surface area contributed by atoms with Gasteiger partial charge < -0.3 is 4.74 Å². The molecule has 24 heavy (non-hydrogen) atoms. The van der Waals surface area contributed by atoms with Gasteiger partial charge in [0.25, 0.3) is 0 Å². The van der Waals surface area contributed by atoms with E-state index in [1.165, 1.54) is 42.2 Å². The van der Waals surface area contributed by atoms with Gasteiger partial charge >= 0.3 is 0 Å². The standard InChI is InChI=1S/C17H15FN2O2S2/c1-3-11-7-12-16(19-9-20-17(12)24-11)23-8-14(21)10-4-5-15(22-2)13(18)6-10/h4-7,9H,3,8H2,1-2H3. The smallest absolute Gasteiger partial charge is 0.173 e. The summed E-state index contributed by atoms with van der Waals surface area (Å²) in [4.78, 5) is 23.0. The number of hydrogen-bond acceptors (Lipinski definition) is 6. The van der Waals surface area contributed by atoms with E-state index < -0.39 is 5.82 Å². The molecule has 0 atom stereocenters. The minimum atomic E-state index is -0.539. The molecule has 0 saturated carbocycles. The summed E-state index contributed by atoms with van der Waals surface area (Å²) in [6, 6.07) is 6.31. The number of fused-ring (bicyclic) bond motifs is 1. The highest BCUT2D eigenvalue weighted by Crippen LogP contribution is 2.31. The van der Waals surface area contributed by atoms with Crippen LogP contribution in [0.2, 0.25) is 0 Å². The molecule has 4 nitrogen and oxygen atoms in total. The summed E-state index contributed by atoms with van der Waals surface area (Å²) in [6.07, 6.45) is 2.45. The van der Waals surface area contributed by atoms with Crippen LogP contribution in [0.4, 0.5) is 4.39 Å². The van der Waals surface area contributed by atoms with Crippen molar-refractivity contribution in [2.24, 2.45) is 0 Å². The second kappa shape index (κ2) is 7.27. The number of aromatic nitrogens is 2. The number of carbonyl (C=O) groups is 1. The Hall–Kier alpha value is -1.99. The summed E-state index contributed by atoms with van der Waals surface area (Å²) in [5.41, 5.74) is 0.325. The van der Waals surface area contributed by atoms with Gasteiger partial charge in [-0.15, -0.1) is 11.3 Å². The van der Waals surface area contributed by atoms with Gasteiger partial charge in [-0.3, -0.25) is 4.79 Å². The fourth-order valence-corrected chi connectivity index (χ4v) is 4.10. The predicted octanol–water partition coefficient (Wildman–Crippen LogP) is 4.38. The largest absolute Gasteiger partial charge is 0.494 e. The third-order valence-electron chi connectivity index (χ3n) is 3.51. The molecule has 0 spiro atoms. The summed E-state index contributed by atoms with van der Waals surface area (Å²) in [5, 5.41) is 1.75. The number of carbonyl (C=O) groups excluding carboxylic acids is 1. The van der Waals surface area contributed by atoms with Crippen LogP contribution in [0.15, 0.2) is 35.6 Å². The summed E-state index contributed by atoms with van der Waals surface area (Å²) in [6.45, 7) is 2.09. The van der Waals surface area contributed by atoms with Crippen molar-refractivity contribution in [2.45, 2.75) is 18.4 Å². The molecule has 1 aromatic carbocycles. The Morgan fingerprint density at radius 1 is 1.33 bits per heavy atom. The lowest BCUT2D eigenvalue weighted by molar-refractivity contribution is 0.102. The average molecular weight is 362 g/mol. The summed E-state index contributed by atoms with van der Waals surface area (Å²) in [7, 11) is 1.39. The SMILES string of the molecule is CCc1cc2c(SCC(=O)c3ccc(OC)c(F)c3)ncnc2s1. The second-order valence-electron chi connectivity index (χ2n) is 5.03. The van der Waals surface area contributed by atoms with Crippen molar-refractivity contribution in [1.82, 2.24) is 9.97 Å². The molecular formula is C17H15FN2O2S2. The Kier molecular flexibility index (Phi) is 5.11. The van der Waals surface area contributed by atoms with Crippen LogP contribution in [0, 0.1) is 5.82 Å². The zero-order valence-corrected chi connectivity index (χ0v) is 14.8. The normalized spacial score (nSPS) is 11.0. The second-order valence-corrected chi connectivity index (χ2v) is 7.10. The van der Waals surface area contributed by atoms with E-state index in [9.17, 15) is 9.18 Å². The van der Waals surface area contributed by atoms with Gasteiger partial charge in [-0.2, -0.15) is 0 Å². The zero-order valence-electron chi connectivity index (χ0n) is 13.2. The van der Waals surface area contributed by atoms with E-state index in [1.807, 2.05) is 0 Å². The molecule has 0 amide bonds. The molecule has 124 valence electrons. The van der Waals surface area contributed by atoms with Gasteiger partial charge in [-0.05, 0) is 30.7 Å². The first-order valence-electron chi connectivity index (χ1n) is 7.35. The number of halogens is 1. The minimum Gasteiger partial charge on any atom is -0.494 e. The number of rotatable bonds is 6. The van der Waals surface area contributed by atoms with Crippen molar-refractivity contribution in [1.29, 1.82) is 0 Å². The fraction of sp³-hybridized carbons (Fsp3) is 0.235. The van der Waals surface area contributed by atoms with Crippen molar-refractivity contribution in [3.8, 4) is 5.75 Å². The molecule has 0 aliphatic carbocycles. The molecule has 0 aliphatic heterocycles. The highest BCUT2D eigenvalue weighted by Gasteiger charge is 2.13. The van der Waals surface area contributed by atoms with E-state index >= 15 is 0 Å². The molecule has 0 saturated heterocycles. The third kappa shape index (κ3) is 3.42. The van der Waals surface area contributed by atoms with Gasteiger partial charge in [0, 0.05) is 15.8 Å². The number of nitrogens with zero attached hydrogens (tertiary/aromatic N) is 2. The highest BCUT2D eigenvalue weighted by molar-refractivity contribution is 8.00. The van der Waals surface area contributed by atoms with Crippen LogP contribution < -0.4 is 4.74 Å². The Bertz CT molecular complexity index is 895. The average Bonchev–Trinajstić information content (AvgIpc) is 3.03. The molecule has 2 aromatic heterocycles. The highest BCUT2D eigenvalue weighted by atomic mass is 32.2. The molecule has 0 unspecified atom stereocenters. The number of thiophene rings is 1. The number of ether oxygens (including phenoxy) is 1. The van der Waals surface area contributed by atoms with Crippen molar-refractivity contribution in [2.75, 3.05) is 12.9 Å². The Morgan fingerprint density at radius 3 is 2.88 bits per heavy atom. The Balaban J connectivity index is 1.77. The Labute approximate surface area is 147 Å². The van der Waals surface area contributed by atoms with Crippen LogP contribution in [0.3, 0.4) is 0 Å². The van der Waals surface area contributed by atoms with E-state index in [4.69, 9.17) is 4.74 Å². The molecular weight excluding hydrogens is 347 g/mol. The quantitative estimate of drug-likeness (QED) is 0.370. The number of aryl methyl sites for hydroxylation is 1. The van der Waals surface area contributed by atoms with E-state index in [1.54, 1.807) is 17.4 Å². The maximum atomic E-state index is 13.7. The number of thioether (sulfide) groups is 1. The lowest BCUT2D eigenvalue weighted by Gasteiger charge is -2.05. The fourth-order valence-electron chi connectivity index (χ4n) is 2.23. The molecule has 0 aliphatic rings. The molecule has 0 radical (unpaired) electrons.